The van der Waals surface area contributed by atoms with Crippen molar-refractivity contribution in [3.63, 3.8) is 0 Å². The third-order valence-electron chi connectivity index (χ3n) is 4.16. The molecule has 0 fully saturated rings. The monoisotopic (exact) mass is 382 g/mol. The average molecular weight is 382 g/mol. The average Bonchev–Trinajstić information content (AvgIpc) is 3.14. The minimum Gasteiger partial charge on any atom is -0.494 e. The molecular formula is C20H22N4O2S. The Kier molecular flexibility index (Phi) is 5.60. The Morgan fingerprint density at radius 1 is 1.11 bits per heavy atom. The maximum Gasteiger partial charge on any atom is 0.214 e. The highest BCUT2D eigenvalue weighted by atomic mass is 32.2. The molecule has 0 bridgehead atoms. The van der Waals surface area contributed by atoms with E-state index in [0.717, 1.165) is 5.69 Å². The standard InChI is InChI=1S/C20H22N4O2S/c1-20(2,3)15-11-9-14(10-12-15)17(25)13-27-19-21-22-23-24(19)16-7-5-6-8-18(16)26-4/h5-12H,13H2,1-4H3. The molecule has 0 aliphatic heterocycles. The fourth-order valence-electron chi connectivity index (χ4n) is 2.59. The summed E-state index contributed by atoms with van der Waals surface area (Å²) in [4.78, 5) is 12.5. The lowest BCUT2D eigenvalue weighted by molar-refractivity contribution is 0.102. The molecule has 2 aromatic carbocycles. The number of para-hydroxylation sites is 2. The maximum atomic E-state index is 12.5. The van der Waals surface area contributed by atoms with Gasteiger partial charge in [-0.25, -0.2) is 0 Å². The first-order valence-corrected chi connectivity index (χ1v) is 9.57. The second kappa shape index (κ2) is 7.92. The zero-order valence-corrected chi connectivity index (χ0v) is 16.7. The van der Waals surface area contributed by atoms with Crippen molar-refractivity contribution in [3.05, 3.63) is 59.7 Å². The molecule has 1 aromatic heterocycles. The largest absolute Gasteiger partial charge is 0.494 e. The molecule has 0 radical (unpaired) electrons. The topological polar surface area (TPSA) is 69.9 Å². The van der Waals surface area contributed by atoms with Gasteiger partial charge >= 0.3 is 0 Å². The molecule has 6 nitrogen and oxygen atoms in total. The number of Topliss-reactive ketones (excluding diaryl/α,β-unsaturated/α-hetero) is 1. The van der Waals surface area contributed by atoms with E-state index in [1.54, 1.807) is 11.8 Å². The van der Waals surface area contributed by atoms with Crippen molar-refractivity contribution in [2.45, 2.75) is 31.3 Å². The highest BCUT2D eigenvalue weighted by Crippen LogP contribution is 2.26. The van der Waals surface area contributed by atoms with Gasteiger partial charge in [0.05, 0.1) is 12.9 Å². The van der Waals surface area contributed by atoms with Gasteiger partial charge in [0.2, 0.25) is 5.16 Å². The first-order chi connectivity index (χ1) is 12.9. The summed E-state index contributed by atoms with van der Waals surface area (Å²) in [5.41, 5.74) is 2.68. The number of benzene rings is 2. The van der Waals surface area contributed by atoms with Crippen molar-refractivity contribution in [2.24, 2.45) is 0 Å². The molecule has 0 saturated carbocycles. The van der Waals surface area contributed by atoms with Crippen LogP contribution in [0.1, 0.15) is 36.7 Å². The molecular weight excluding hydrogens is 360 g/mol. The van der Waals surface area contributed by atoms with E-state index in [0.29, 0.717) is 16.5 Å². The molecule has 27 heavy (non-hydrogen) atoms. The van der Waals surface area contributed by atoms with Gasteiger partial charge in [0.25, 0.3) is 0 Å². The molecule has 3 rings (SSSR count). The number of methoxy groups -OCH3 is 1. The summed E-state index contributed by atoms with van der Waals surface area (Å²) in [5, 5.41) is 12.3. The summed E-state index contributed by atoms with van der Waals surface area (Å²) in [5.74, 6) is 0.954. The van der Waals surface area contributed by atoms with Gasteiger partial charge in [0.15, 0.2) is 5.78 Å². The summed E-state index contributed by atoms with van der Waals surface area (Å²) in [7, 11) is 1.60. The van der Waals surface area contributed by atoms with E-state index in [1.165, 1.54) is 17.3 Å². The number of carbonyl (C=O) groups excluding carboxylic acids is 1. The summed E-state index contributed by atoms with van der Waals surface area (Å²) in [6, 6.07) is 15.3. The van der Waals surface area contributed by atoms with E-state index < -0.39 is 0 Å². The number of rotatable bonds is 6. The molecule has 0 aliphatic carbocycles. The van der Waals surface area contributed by atoms with Crippen LogP contribution in [-0.4, -0.2) is 38.9 Å². The van der Waals surface area contributed by atoms with Crippen LogP contribution in [0, 0.1) is 0 Å². The number of aromatic nitrogens is 4. The van der Waals surface area contributed by atoms with Crippen LogP contribution < -0.4 is 4.74 Å². The Labute approximate surface area is 162 Å². The zero-order chi connectivity index (χ0) is 19.4. The van der Waals surface area contributed by atoms with Crippen LogP contribution in [0.4, 0.5) is 0 Å². The minimum absolute atomic E-state index is 0.0371. The van der Waals surface area contributed by atoms with Crippen LogP contribution in [-0.2, 0) is 5.41 Å². The van der Waals surface area contributed by atoms with Crippen LogP contribution in [0.2, 0.25) is 0 Å². The number of carbonyl (C=O) groups is 1. The van der Waals surface area contributed by atoms with Gasteiger partial charge in [0.1, 0.15) is 11.4 Å². The first-order valence-electron chi connectivity index (χ1n) is 8.58. The van der Waals surface area contributed by atoms with Crippen LogP contribution in [0.3, 0.4) is 0 Å². The van der Waals surface area contributed by atoms with Gasteiger partial charge in [-0.3, -0.25) is 4.79 Å². The Hall–Kier alpha value is -2.67. The molecule has 1 heterocycles. The molecule has 0 aliphatic rings. The summed E-state index contributed by atoms with van der Waals surface area (Å²) >= 11 is 1.30. The summed E-state index contributed by atoms with van der Waals surface area (Å²) in [6.07, 6.45) is 0. The Balaban J connectivity index is 1.73. The van der Waals surface area contributed by atoms with Crippen molar-refractivity contribution in [2.75, 3.05) is 12.9 Å². The van der Waals surface area contributed by atoms with Crippen LogP contribution in [0.15, 0.2) is 53.7 Å². The van der Waals surface area contributed by atoms with E-state index in [-0.39, 0.29) is 17.0 Å². The third-order valence-corrected chi connectivity index (χ3v) is 5.08. The molecule has 0 atom stereocenters. The first kappa shape index (κ1) is 19.1. The van der Waals surface area contributed by atoms with E-state index in [9.17, 15) is 4.79 Å². The number of ether oxygens (including phenoxy) is 1. The van der Waals surface area contributed by atoms with Gasteiger partial charge in [-0.15, -0.1) is 5.10 Å². The van der Waals surface area contributed by atoms with Crippen molar-refractivity contribution in [3.8, 4) is 11.4 Å². The highest BCUT2D eigenvalue weighted by molar-refractivity contribution is 7.99. The summed E-state index contributed by atoms with van der Waals surface area (Å²) < 4.78 is 6.95. The lowest BCUT2D eigenvalue weighted by Crippen LogP contribution is -2.11. The highest BCUT2D eigenvalue weighted by Gasteiger charge is 2.17. The van der Waals surface area contributed by atoms with E-state index in [2.05, 4.69) is 36.3 Å². The molecule has 0 saturated heterocycles. The van der Waals surface area contributed by atoms with Gasteiger partial charge in [0, 0.05) is 5.56 Å². The predicted molar refractivity (Wildman–Crippen MR) is 106 cm³/mol. The Morgan fingerprint density at radius 3 is 2.48 bits per heavy atom. The molecule has 140 valence electrons. The number of nitrogens with zero attached hydrogens (tertiary/aromatic N) is 4. The maximum absolute atomic E-state index is 12.5. The predicted octanol–water partition coefficient (Wildman–Crippen LogP) is 3.94. The van der Waals surface area contributed by atoms with Crippen LogP contribution in [0.5, 0.6) is 5.75 Å². The molecule has 3 aromatic rings. The third kappa shape index (κ3) is 4.36. The van der Waals surface area contributed by atoms with Gasteiger partial charge < -0.3 is 4.74 Å². The van der Waals surface area contributed by atoms with Crippen LogP contribution in [0.25, 0.3) is 5.69 Å². The zero-order valence-electron chi connectivity index (χ0n) is 15.8. The molecule has 0 spiro atoms. The smallest absolute Gasteiger partial charge is 0.214 e. The van der Waals surface area contributed by atoms with E-state index in [1.807, 2.05) is 48.5 Å². The number of thioether (sulfide) groups is 1. The number of ketones is 1. The normalized spacial score (nSPS) is 11.4. The second-order valence-corrected chi connectivity index (χ2v) is 8.03. The van der Waals surface area contributed by atoms with E-state index in [4.69, 9.17) is 4.74 Å². The van der Waals surface area contributed by atoms with Gasteiger partial charge in [-0.1, -0.05) is 68.9 Å². The number of tetrazole rings is 1. The molecule has 0 N–H and O–H groups in total. The summed E-state index contributed by atoms with van der Waals surface area (Å²) in [6.45, 7) is 6.45. The van der Waals surface area contributed by atoms with Crippen molar-refractivity contribution in [1.29, 1.82) is 0 Å². The lowest BCUT2D eigenvalue weighted by Gasteiger charge is -2.18. The van der Waals surface area contributed by atoms with E-state index >= 15 is 0 Å². The van der Waals surface area contributed by atoms with Crippen molar-refractivity contribution in [1.82, 2.24) is 20.2 Å². The van der Waals surface area contributed by atoms with Crippen molar-refractivity contribution >= 4 is 17.5 Å². The Bertz CT molecular complexity index is 930. The number of hydrogen-bond acceptors (Lipinski definition) is 6. The molecule has 0 amide bonds. The minimum atomic E-state index is 0.0371. The Morgan fingerprint density at radius 2 is 1.81 bits per heavy atom. The fraction of sp³-hybridized carbons (Fsp3) is 0.300. The molecule has 7 heteroatoms. The SMILES string of the molecule is COc1ccccc1-n1nnnc1SCC(=O)c1ccc(C(C)(C)C)cc1. The lowest BCUT2D eigenvalue weighted by atomic mass is 9.86. The quantitative estimate of drug-likeness (QED) is 0.475. The van der Waals surface area contributed by atoms with Gasteiger partial charge in [-0.2, -0.15) is 4.68 Å². The second-order valence-electron chi connectivity index (χ2n) is 7.08. The fourth-order valence-corrected chi connectivity index (χ4v) is 3.37. The molecule has 0 unspecified atom stereocenters. The number of hydrogen-bond donors (Lipinski definition) is 0. The van der Waals surface area contributed by atoms with Gasteiger partial charge in [-0.05, 0) is 33.5 Å². The van der Waals surface area contributed by atoms with Crippen molar-refractivity contribution < 1.29 is 9.53 Å². The van der Waals surface area contributed by atoms with Crippen LogP contribution >= 0.6 is 11.8 Å².